The summed E-state index contributed by atoms with van der Waals surface area (Å²) in [7, 11) is 1.52. The molecular formula is C11H21N3O4. The first-order valence-corrected chi connectivity index (χ1v) is 6.04. The van der Waals surface area contributed by atoms with Gasteiger partial charge >= 0.3 is 12.0 Å². The van der Waals surface area contributed by atoms with Crippen LogP contribution in [-0.2, 0) is 9.53 Å². The van der Waals surface area contributed by atoms with Crippen molar-refractivity contribution in [3.8, 4) is 0 Å². The maximum Gasteiger partial charge on any atom is 0.323 e. The van der Waals surface area contributed by atoms with Crippen molar-refractivity contribution < 1.29 is 19.4 Å². The third-order valence-electron chi connectivity index (χ3n) is 2.97. The van der Waals surface area contributed by atoms with E-state index < -0.39 is 5.97 Å². The van der Waals surface area contributed by atoms with Crippen LogP contribution in [-0.4, -0.2) is 72.8 Å². The van der Waals surface area contributed by atoms with E-state index in [1.165, 1.54) is 12.0 Å². The van der Waals surface area contributed by atoms with Crippen molar-refractivity contribution in [2.24, 2.45) is 5.73 Å². The molecule has 0 atom stereocenters. The Labute approximate surface area is 106 Å². The van der Waals surface area contributed by atoms with E-state index in [-0.39, 0.29) is 25.2 Å². The monoisotopic (exact) mass is 259 g/mol. The summed E-state index contributed by atoms with van der Waals surface area (Å²) in [6.45, 7) is 1.48. The number of likely N-dealkylation sites (tertiary alicyclic amines) is 1. The molecule has 1 aliphatic heterocycles. The molecule has 1 rings (SSSR count). The smallest absolute Gasteiger partial charge is 0.323 e. The van der Waals surface area contributed by atoms with Crippen LogP contribution in [0.2, 0.25) is 0 Å². The molecule has 0 saturated carbocycles. The molecule has 1 aliphatic rings. The Kier molecular flexibility index (Phi) is 5.87. The SMILES string of the molecule is COCCN(CC(=O)O)C(=O)N1CCC(N)CC1. The van der Waals surface area contributed by atoms with Gasteiger partial charge in [0.2, 0.25) is 0 Å². The van der Waals surface area contributed by atoms with E-state index in [4.69, 9.17) is 15.6 Å². The summed E-state index contributed by atoms with van der Waals surface area (Å²) in [5.41, 5.74) is 5.77. The number of nitrogens with two attached hydrogens (primary N) is 1. The van der Waals surface area contributed by atoms with Gasteiger partial charge in [-0.05, 0) is 12.8 Å². The minimum Gasteiger partial charge on any atom is -0.480 e. The molecule has 0 aromatic carbocycles. The number of nitrogens with zero attached hydrogens (tertiary/aromatic N) is 2. The third kappa shape index (κ3) is 4.50. The molecule has 18 heavy (non-hydrogen) atoms. The van der Waals surface area contributed by atoms with E-state index in [1.54, 1.807) is 4.90 Å². The number of piperidine rings is 1. The molecule has 1 saturated heterocycles. The second kappa shape index (κ2) is 7.17. The van der Waals surface area contributed by atoms with Gasteiger partial charge in [-0.2, -0.15) is 0 Å². The predicted octanol–water partition coefficient (Wildman–Crippen LogP) is -0.437. The van der Waals surface area contributed by atoms with Crippen LogP contribution in [0.3, 0.4) is 0 Å². The summed E-state index contributed by atoms with van der Waals surface area (Å²) in [5.74, 6) is -1.02. The van der Waals surface area contributed by atoms with Crippen LogP contribution in [0, 0.1) is 0 Å². The first kappa shape index (κ1) is 14.7. The number of carbonyl (C=O) groups excluding carboxylic acids is 1. The number of methoxy groups -OCH3 is 1. The van der Waals surface area contributed by atoms with Crippen molar-refractivity contribution >= 4 is 12.0 Å². The van der Waals surface area contributed by atoms with Crippen molar-refractivity contribution in [3.05, 3.63) is 0 Å². The highest BCUT2D eigenvalue weighted by Gasteiger charge is 2.25. The van der Waals surface area contributed by atoms with Crippen molar-refractivity contribution in [1.29, 1.82) is 0 Å². The quantitative estimate of drug-likeness (QED) is 0.698. The van der Waals surface area contributed by atoms with Crippen LogP contribution < -0.4 is 5.73 Å². The maximum atomic E-state index is 12.1. The molecule has 0 unspecified atom stereocenters. The first-order valence-electron chi connectivity index (χ1n) is 6.04. The molecule has 1 heterocycles. The lowest BCUT2D eigenvalue weighted by Crippen LogP contribution is -2.50. The molecule has 0 radical (unpaired) electrons. The minimum atomic E-state index is -1.02. The predicted molar refractivity (Wildman–Crippen MR) is 65.3 cm³/mol. The van der Waals surface area contributed by atoms with Crippen LogP contribution in [0.15, 0.2) is 0 Å². The van der Waals surface area contributed by atoms with Crippen LogP contribution in [0.5, 0.6) is 0 Å². The maximum absolute atomic E-state index is 12.1. The van der Waals surface area contributed by atoms with Gasteiger partial charge < -0.3 is 25.4 Å². The molecule has 0 aromatic heterocycles. The van der Waals surface area contributed by atoms with Crippen LogP contribution in [0.1, 0.15) is 12.8 Å². The standard InChI is InChI=1S/C11H21N3O4/c1-18-7-6-14(8-10(15)16)11(17)13-4-2-9(12)3-5-13/h9H,2-8,12H2,1H3,(H,15,16). The number of hydrogen-bond acceptors (Lipinski definition) is 4. The third-order valence-corrected chi connectivity index (χ3v) is 2.97. The fraction of sp³-hybridized carbons (Fsp3) is 0.818. The van der Waals surface area contributed by atoms with Gasteiger partial charge in [-0.15, -0.1) is 0 Å². The molecule has 7 heteroatoms. The van der Waals surface area contributed by atoms with Crippen LogP contribution >= 0.6 is 0 Å². The van der Waals surface area contributed by atoms with E-state index in [2.05, 4.69) is 0 Å². The summed E-state index contributed by atoms with van der Waals surface area (Å²) in [6.07, 6.45) is 1.52. The molecule has 2 amide bonds. The molecule has 0 spiro atoms. The fourth-order valence-corrected chi connectivity index (χ4v) is 1.90. The fourth-order valence-electron chi connectivity index (χ4n) is 1.90. The average Bonchev–Trinajstić information content (AvgIpc) is 2.34. The second-order valence-corrected chi connectivity index (χ2v) is 4.42. The van der Waals surface area contributed by atoms with Gasteiger partial charge in [0.05, 0.1) is 6.61 Å². The van der Waals surface area contributed by atoms with E-state index in [0.717, 1.165) is 12.8 Å². The van der Waals surface area contributed by atoms with Gasteiger partial charge in [0.15, 0.2) is 0 Å². The number of aliphatic carboxylic acids is 1. The Hall–Kier alpha value is -1.34. The van der Waals surface area contributed by atoms with Crippen molar-refractivity contribution in [3.63, 3.8) is 0 Å². The number of rotatable bonds is 5. The lowest BCUT2D eigenvalue weighted by molar-refractivity contribution is -0.137. The van der Waals surface area contributed by atoms with Crippen LogP contribution in [0.25, 0.3) is 0 Å². The van der Waals surface area contributed by atoms with Gasteiger partial charge in [-0.1, -0.05) is 0 Å². The Morgan fingerprint density at radius 3 is 2.56 bits per heavy atom. The number of carboxylic acid groups (broad SMARTS) is 1. The highest BCUT2D eigenvalue weighted by molar-refractivity contribution is 5.80. The summed E-state index contributed by atoms with van der Waals surface area (Å²) in [6, 6.07) is -0.109. The number of ether oxygens (including phenoxy) is 1. The molecule has 0 aromatic rings. The number of hydrogen-bond donors (Lipinski definition) is 2. The molecule has 7 nitrogen and oxygen atoms in total. The Morgan fingerprint density at radius 1 is 1.44 bits per heavy atom. The normalized spacial score (nSPS) is 16.7. The molecule has 3 N–H and O–H groups in total. The van der Waals surface area contributed by atoms with Gasteiger partial charge in [0.25, 0.3) is 0 Å². The van der Waals surface area contributed by atoms with Gasteiger partial charge in [0, 0.05) is 32.8 Å². The highest BCUT2D eigenvalue weighted by Crippen LogP contribution is 2.10. The van der Waals surface area contributed by atoms with E-state index >= 15 is 0 Å². The van der Waals surface area contributed by atoms with Crippen LogP contribution in [0.4, 0.5) is 4.79 Å². The summed E-state index contributed by atoms with van der Waals surface area (Å²) >= 11 is 0. The zero-order valence-corrected chi connectivity index (χ0v) is 10.7. The molecule has 1 fully saturated rings. The zero-order chi connectivity index (χ0) is 13.5. The lowest BCUT2D eigenvalue weighted by atomic mass is 10.1. The van der Waals surface area contributed by atoms with E-state index in [9.17, 15) is 9.59 Å². The van der Waals surface area contributed by atoms with E-state index in [0.29, 0.717) is 19.7 Å². The summed E-state index contributed by atoms with van der Waals surface area (Å²) in [4.78, 5) is 25.8. The van der Waals surface area contributed by atoms with Gasteiger partial charge in [0.1, 0.15) is 6.54 Å². The van der Waals surface area contributed by atoms with Gasteiger partial charge in [-0.25, -0.2) is 4.79 Å². The lowest BCUT2D eigenvalue weighted by Gasteiger charge is -2.34. The molecule has 104 valence electrons. The summed E-state index contributed by atoms with van der Waals surface area (Å²) < 4.78 is 4.88. The Morgan fingerprint density at radius 2 is 2.06 bits per heavy atom. The number of urea groups is 1. The Balaban J connectivity index is 2.54. The molecule has 0 bridgehead atoms. The second-order valence-electron chi connectivity index (χ2n) is 4.42. The number of carboxylic acids is 1. The summed E-state index contributed by atoms with van der Waals surface area (Å²) in [5, 5.41) is 8.80. The number of carbonyl (C=O) groups is 2. The van der Waals surface area contributed by atoms with Crippen molar-refractivity contribution in [1.82, 2.24) is 9.80 Å². The first-order chi connectivity index (χ1) is 8.54. The highest BCUT2D eigenvalue weighted by atomic mass is 16.5. The molecule has 0 aliphatic carbocycles. The minimum absolute atomic E-state index is 0.140. The topological polar surface area (TPSA) is 96.1 Å². The van der Waals surface area contributed by atoms with Gasteiger partial charge in [-0.3, -0.25) is 4.79 Å². The zero-order valence-electron chi connectivity index (χ0n) is 10.7. The largest absolute Gasteiger partial charge is 0.480 e. The van der Waals surface area contributed by atoms with Crippen molar-refractivity contribution in [2.75, 3.05) is 39.9 Å². The van der Waals surface area contributed by atoms with Crippen molar-refractivity contribution in [2.45, 2.75) is 18.9 Å². The van der Waals surface area contributed by atoms with E-state index in [1.807, 2.05) is 0 Å². The Bertz CT molecular complexity index is 290. The average molecular weight is 259 g/mol. The molecular weight excluding hydrogens is 238 g/mol. The number of amides is 2.